The third kappa shape index (κ3) is 3.43. The highest BCUT2D eigenvalue weighted by Crippen LogP contribution is 2.48. The molecule has 3 rings (SSSR count). The van der Waals surface area contributed by atoms with E-state index in [0.717, 1.165) is 22.5 Å². The minimum Gasteiger partial charge on any atom is -0.395 e. The van der Waals surface area contributed by atoms with Crippen molar-refractivity contribution in [1.82, 2.24) is 0 Å². The molecule has 0 saturated heterocycles. The van der Waals surface area contributed by atoms with Crippen LogP contribution in [0.2, 0.25) is 0 Å². The fourth-order valence-electron chi connectivity index (χ4n) is 3.72. The van der Waals surface area contributed by atoms with Gasteiger partial charge in [0, 0.05) is 50.9 Å². The highest BCUT2D eigenvalue weighted by molar-refractivity contribution is 5.50. The molecule has 2 atom stereocenters. The molecule has 26 heavy (non-hydrogen) atoms. The molecule has 3 N–H and O–H groups in total. The third-order valence-corrected chi connectivity index (χ3v) is 5.42. The summed E-state index contributed by atoms with van der Waals surface area (Å²) in [6.07, 6.45) is -1.20. The molecule has 0 aliphatic heterocycles. The normalized spacial score (nSPS) is 24.8. The zero-order valence-corrected chi connectivity index (χ0v) is 15.6. The molecule has 0 bridgehead atoms. The van der Waals surface area contributed by atoms with Crippen molar-refractivity contribution < 1.29 is 15.3 Å². The number of hydrogen-bond acceptors (Lipinski definition) is 5. The zero-order chi connectivity index (χ0) is 18.8. The minimum atomic E-state index is -0.601. The van der Waals surface area contributed by atoms with E-state index in [4.69, 9.17) is 5.11 Å². The van der Waals surface area contributed by atoms with Gasteiger partial charge in [-0.1, -0.05) is 24.3 Å². The maximum Gasteiger partial charge on any atom is 0.0727 e. The van der Waals surface area contributed by atoms with Crippen LogP contribution in [0.15, 0.2) is 48.5 Å². The van der Waals surface area contributed by atoms with Crippen LogP contribution in [0.3, 0.4) is 0 Å². The van der Waals surface area contributed by atoms with E-state index in [-0.39, 0.29) is 18.4 Å². The number of anilines is 2. The summed E-state index contributed by atoms with van der Waals surface area (Å²) in [7, 11) is 5.89. The lowest BCUT2D eigenvalue weighted by Crippen LogP contribution is -2.51. The van der Waals surface area contributed by atoms with Crippen molar-refractivity contribution in [1.29, 1.82) is 0 Å². The summed E-state index contributed by atoms with van der Waals surface area (Å²) in [5.41, 5.74) is 4.00. The van der Waals surface area contributed by atoms with Crippen molar-refractivity contribution in [2.45, 2.75) is 24.0 Å². The molecule has 1 aliphatic rings. The second-order valence-electron chi connectivity index (χ2n) is 7.26. The second kappa shape index (κ2) is 7.66. The molecule has 0 spiro atoms. The Balaban J connectivity index is 1.72. The third-order valence-electron chi connectivity index (χ3n) is 5.42. The predicted molar refractivity (Wildman–Crippen MR) is 105 cm³/mol. The van der Waals surface area contributed by atoms with E-state index in [1.807, 2.05) is 79.5 Å². The Morgan fingerprint density at radius 3 is 1.54 bits per heavy atom. The molecule has 2 aromatic carbocycles. The van der Waals surface area contributed by atoms with Crippen LogP contribution in [0.25, 0.3) is 0 Å². The summed E-state index contributed by atoms with van der Waals surface area (Å²) in [6, 6.07) is 15.8. The van der Waals surface area contributed by atoms with Gasteiger partial charge in [0.25, 0.3) is 0 Å². The lowest BCUT2D eigenvalue weighted by molar-refractivity contribution is -0.0785. The van der Waals surface area contributed by atoms with E-state index in [1.54, 1.807) is 0 Å². The monoisotopic (exact) mass is 356 g/mol. The molecule has 1 fully saturated rings. The smallest absolute Gasteiger partial charge is 0.0727 e. The molecule has 1 saturated carbocycles. The molecule has 1 aliphatic carbocycles. The Bertz CT molecular complexity index is 705. The van der Waals surface area contributed by atoms with Gasteiger partial charge in [0.2, 0.25) is 0 Å². The van der Waals surface area contributed by atoms with Crippen LogP contribution in [0.5, 0.6) is 0 Å². The van der Waals surface area contributed by atoms with Gasteiger partial charge in [0.15, 0.2) is 0 Å². The molecule has 2 aromatic rings. The van der Waals surface area contributed by atoms with Crippen molar-refractivity contribution in [2.75, 3.05) is 44.1 Å². The van der Waals surface area contributed by atoms with Crippen LogP contribution in [0, 0.1) is 0 Å². The van der Waals surface area contributed by atoms with Gasteiger partial charge >= 0.3 is 0 Å². The molecule has 0 aromatic heterocycles. The number of likely N-dealkylation sites (N-methyl/N-ethyl adjacent to an activating group) is 1. The summed E-state index contributed by atoms with van der Waals surface area (Å²) in [6.45, 7) is 0.672. The van der Waals surface area contributed by atoms with Crippen LogP contribution in [0.1, 0.15) is 23.0 Å². The van der Waals surface area contributed by atoms with Crippen LogP contribution in [0.4, 0.5) is 11.4 Å². The van der Waals surface area contributed by atoms with E-state index in [0.29, 0.717) is 6.54 Å². The molecular formula is C21H28N2O3. The zero-order valence-electron chi connectivity index (χ0n) is 15.6. The van der Waals surface area contributed by atoms with Gasteiger partial charge in [-0.15, -0.1) is 0 Å². The molecule has 140 valence electrons. The van der Waals surface area contributed by atoms with Gasteiger partial charge in [-0.05, 0) is 35.4 Å². The summed E-state index contributed by atoms with van der Waals surface area (Å²) < 4.78 is 0. The first-order chi connectivity index (χ1) is 12.4. The number of aliphatic hydroxyl groups excluding tert-OH is 3. The summed E-state index contributed by atoms with van der Waals surface area (Å²) >= 11 is 0. The van der Waals surface area contributed by atoms with Crippen LogP contribution in [-0.2, 0) is 0 Å². The topological polar surface area (TPSA) is 67.2 Å². The molecular weight excluding hydrogens is 328 g/mol. The first kappa shape index (κ1) is 18.7. The maximum atomic E-state index is 10.7. The van der Waals surface area contributed by atoms with Crippen molar-refractivity contribution in [2.24, 2.45) is 0 Å². The average molecular weight is 356 g/mol. The van der Waals surface area contributed by atoms with Gasteiger partial charge in [-0.2, -0.15) is 0 Å². The fourth-order valence-corrected chi connectivity index (χ4v) is 3.72. The Hall–Kier alpha value is -2.08. The first-order valence-electron chi connectivity index (χ1n) is 8.99. The fraction of sp³-hybridized carbons (Fsp3) is 0.429. The Morgan fingerprint density at radius 2 is 1.15 bits per heavy atom. The number of benzene rings is 2. The standard InChI is InChI=1S/C21H28N2O3/c1-22(2)16-8-4-14(5-9-16)18-20(25)19(21(18)26)15-6-10-17(11-7-15)23(3)12-13-24/h4-11,18-21,24-26H,12-13H2,1-3H3. The maximum absolute atomic E-state index is 10.7. The van der Waals surface area contributed by atoms with E-state index in [1.165, 1.54) is 0 Å². The summed E-state index contributed by atoms with van der Waals surface area (Å²) in [4.78, 5) is 3.99. The van der Waals surface area contributed by atoms with Crippen molar-refractivity contribution >= 4 is 11.4 Å². The number of rotatable bonds is 6. The Labute approximate surface area is 155 Å². The SMILES string of the molecule is CN(C)c1ccc(C2C(O)C(c3ccc(N(C)CCO)cc3)C2O)cc1. The number of hydrogen-bond donors (Lipinski definition) is 3. The molecule has 5 heteroatoms. The van der Waals surface area contributed by atoms with Crippen molar-refractivity contribution in [3.8, 4) is 0 Å². The van der Waals surface area contributed by atoms with Crippen LogP contribution < -0.4 is 9.80 Å². The van der Waals surface area contributed by atoms with Crippen molar-refractivity contribution in [3.05, 3.63) is 59.7 Å². The molecule has 0 amide bonds. The van der Waals surface area contributed by atoms with Gasteiger partial charge < -0.3 is 25.1 Å². The quantitative estimate of drug-likeness (QED) is 0.736. The molecule has 2 unspecified atom stereocenters. The minimum absolute atomic E-state index is 0.104. The van der Waals surface area contributed by atoms with Crippen LogP contribution in [-0.4, -0.2) is 61.8 Å². The number of aliphatic hydroxyl groups is 3. The summed E-state index contributed by atoms with van der Waals surface area (Å²) in [5, 5.41) is 30.4. The van der Waals surface area contributed by atoms with E-state index in [9.17, 15) is 10.2 Å². The van der Waals surface area contributed by atoms with E-state index in [2.05, 4.69) is 0 Å². The van der Waals surface area contributed by atoms with Gasteiger partial charge in [0.05, 0.1) is 18.8 Å². The highest BCUT2D eigenvalue weighted by atomic mass is 16.3. The average Bonchev–Trinajstić information content (AvgIpc) is 2.63. The predicted octanol–water partition coefficient (Wildman–Crippen LogP) is 1.78. The van der Waals surface area contributed by atoms with E-state index >= 15 is 0 Å². The molecule has 5 nitrogen and oxygen atoms in total. The number of nitrogens with zero attached hydrogens (tertiary/aromatic N) is 2. The Morgan fingerprint density at radius 1 is 0.731 bits per heavy atom. The van der Waals surface area contributed by atoms with Gasteiger partial charge in [0.1, 0.15) is 0 Å². The highest BCUT2D eigenvalue weighted by Gasteiger charge is 2.50. The Kier molecular flexibility index (Phi) is 5.51. The lowest BCUT2D eigenvalue weighted by atomic mass is 9.63. The lowest BCUT2D eigenvalue weighted by Gasteiger charge is -2.47. The molecule has 0 radical (unpaired) electrons. The summed E-state index contributed by atoms with van der Waals surface area (Å²) in [5.74, 6) is -0.529. The van der Waals surface area contributed by atoms with Crippen molar-refractivity contribution in [3.63, 3.8) is 0 Å². The second-order valence-corrected chi connectivity index (χ2v) is 7.26. The van der Waals surface area contributed by atoms with Crippen LogP contribution >= 0.6 is 0 Å². The largest absolute Gasteiger partial charge is 0.395 e. The van der Waals surface area contributed by atoms with Gasteiger partial charge in [-0.3, -0.25) is 0 Å². The van der Waals surface area contributed by atoms with E-state index < -0.39 is 12.2 Å². The molecule has 0 heterocycles. The first-order valence-corrected chi connectivity index (χ1v) is 8.99. The van der Waals surface area contributed by atoms with Gasteiger partial charge in [-0.25, -0.2) is 0 Å².